The zero-order valence-electron chi connectivity index (χ0n) is 13.6. The normalized spacial score (nSPS) is 12.3. The fourth-order valence-corrected chi connectivity index (χ4v) is 2.34. The van der Waals surface area contributed by atoms with Crippen LogP contribution in [-0.4, -0.2) is 18.6 Å². The molecule has 0 bridgehead atoms. The van der Waals surface area contributed by atoms with Crippen molar-refractivity contribution in [3.63, 3.8) is 0 Å². The van der Waals surface area contributed by atoms with Crippen molar-refractivity contribution < 1.29 is 9.53 Å². The minimum atomic E-state index is 0.0446. The summed E-state index contributed by atoms with van der Waals surface area (Å²) in [7, 11) is 0. The molecule has 0 heterocycles. The molecular weight excluding hydrogens is 264 g/mol. The van der Waals surface area contributed by atoms with Gasteiger partial charge in [0.15, 0.2) is 0 Å². The molecule has 1 aromatic carbocycles. The molecule has 4 heteroatoms. The molecule has 0 spiro atoms. The lowest BCUT2D eigenvalue weighted by Crippen LogP contribution is -2.22. The van der Waals surface area contributed by atoms with E-state index in [9.17, 15) is 4.79 Å². The minimum absolute atomic E-state index is 0.0446. The van der Waals surface area contributed by atoms with Gasteiger partial charge in [0.1, 0.15) is 5.75 Å². The number of anilines is 1. The second-order valence-corrected chi connectivity index (χ2v) is 5.45. The monoisotopic (exact) mass is 292 g/mol. The molecule has 0 fully saturated rings. The second kappa shape index (κ2) is 8.67. The third-order valence-electron chi connectivity index (χ3n) is 3.52. The van der Waals surface area contributed by atoms with Gasteiger partial charge in [-0.2, -0.15) is 0 Å². The lowest BCUT2D eigenvalue weighted by atomic mass is 10.0. The summed E-state index contributed by atoms with van der Waals surface area (Å²) in [5.41, 5.74) is 7.69. The molecule has 1 unspecified atom stereocenters. The number of carbonyl (C=O) groups is 1. The molecule has 0 saturated carbocycles. The highest BCUT2D eigenvalue weighted by atomic mass is 16.5. The summed E-state index contributed by atoms with van der Waals surface area (Å²) in [6.45, 7) is 8.54. The fraction of sp³-hybridized carbons (Fsp3) is 0.588. The molecule has 21 heavy (non-hydrogen) atoms. The molecule has 0 aliphatic rings. The number of rotatable bonds is 8. The Morgan fingerprint density at radius 2 is 1.95 bits per heavy atom. The van der Waals surface area contributed by atoms with Crippen molar-refractivity contribution in [2.24, 2.45) is 11.7 Å². The van der Waals surface area contributed by atoms with Crippen LogP contribution in [0.5, 0.6) is 5.75 Å². The Kier molecular flexibility index (Phi) is 7.23. The van der Waals surface area contributed by atoms with Crippen LogP contribution >= 0.6 is 0 Å². The van der Waals surface area contributed by atoms with E-state index >= 15 is 0 Å². The van der Waals surface area contributed by atoms with Gasteiger partial charge in [0.25, 0.3) is 0 Å². The highest BCUT2D eigenvalue weighted by Crippen LogP contribution is 2.27. The van der Waals surface area contributed by atoms with E-state index < -0.39 is 0 Å². The Hall–Kier alpha value is -1.55. The van der Waals surface area contributed by atoms with Crippen molar-refractivity contribution in [1.82, 2.24) is 0 Å². The van der Waals surface area contributed by atoms with Gasteiger partial charge in [-0.05, 0) is 50.8 Å². The predicted octanol–water partition coefficient (Wildman–Crippen LogP) is 3.35. The van der Waals surface area contributed by atoms with E-state index in [4.69, 9.17) is 10.5 Å². The van der Waals surface area contributed by atoms with Crippen molar-refractivity contribution in [2.45, 2.75) is 53.0 Å². The largest absolute Gasteiger partial charge is 0.492 e. The van der Waals surface area contributed by atoms with Crippen molar-refractivity contribution in [3.05, 3.63) is 23.8 Å². The molecule has 0 saturated heterocycles. The average molecular weight is 292 g/mol. The molecule has 0 aliphatic heterocycles. The predicted molar refractivity (Wildman–Crippen MR) is 87.7 cm³/mol. The fourth-order valence-electron chi connectivity index (χ4n) is 2.34. The number of nitrogens with one attached hydrogen (secondary N) is 1. The van der Waals surface area contributed by atoms with Gasteiger partial charge >= 0.3 is 0 Å². The summed E-state index contributed by atoms with van der Waals surface area (Å²) >= 11 is 0. The lowest BCUT2D eigenvalue weighted by Gasteiger charge is -2.17. The number of carbonyl (C=O) groups excluding carboxylic acids is 1. The zero-order chi connectivity index (χ0) is 15.8. The van der Waals surface area contributed by atoms with Crippen molar-refractivity contribution in [2.75, 3.05) is 11.9 Å². The highest BCUT2D eigenvalue weighted by Gasteiger charge is 2.16. The molecule has 0 radical (unpaired) electrons. The molecular formula is C17H28N2O2. The van der Waals surface area contributed by atoms with Crippen LogP contribution in [0.2, 0.25) is 0 Å². The number of benzene rings is 1. The van der Waals surface area contributed by atoms with Crippen LogP contribution in [0, 0.1) is 5.92 Å². The van der Waals surface area contributed by atoms with E-state index in [0.29, 0.717) is 6.61 Å². The molecule has 0 aliphatic carbocycles. The third-order valence-corrected chi connectivity index (χ3v) is 3.52. The zero-order valence-corrected chi connectivity index (χ0v) is 13.6. The van der Waals surface area contributed by atoms with Gasteiger partial charge in [0.2, 0.25) is 5.91 Å². The first-order valence-corrected chi connectivity index (χ1v) is 7.83. The molecule has 1 rings (SSSR count). The van der Waals surface area contributed by atoms with Crippen LogP contribution in [0.3, 0.4) is 0 Å². The van der Waals surface area contributed by atoms with E-state index in [1.807, 2.05) is 45.9 Å². The van der Waals surface area contributed by atoms with Crippen LogP contribution in [0.15, 0.2) is 18.2 Å². The average Bonchev–Trinajstić information content (AvgIpc) is 2.42. The van der Waals surface area contributed by atoms with E-state index in [1.165, 1.54) is 0 Å². The standard InChI is InChI=1S/C17H28N2O2/c1-5-14(6-2)17(20)19-15-9-8-13(10-12(4)18)11-16(15)21-7-3/h8-9,11-12,14H,5-7,10,18H2,1-4H3,(H,19,20). The smallest absolute Gasteiger partial charge is 0.227 e. The quantitative estimate of drug-likeness (QED) is 0.772. The Labute approximate surface area is 128 Å². The Morgan fingerprint density at radius 3 is 2.48 bits per heavy atom. The summed E-state index contributed by atoms with van der Waals surface area (Å²) in [5.74, 6) is 0.819. The number of ether oxygens (including phenoxy) is 1. The van der Waals surface area contributed by atoms with Crippen LogP contribution < -0.4 is 15.8 Å². The van der Waals surface area contributed by atoms with E-state index in [0.717, 1.165) is 36.3 Å². The number of nitrogens with two attached hydrogens (primary N) is 1. The number of hydrogen-bond acceptors (Lipinski definition) is 3. The third kappa shape index (κ3) is 5.38. The Bertz CT molecular complexity index is 454. The van der Waals surface area contributed by atoms with Crippen molar-refractivity contribution in [3.8, 4) is 5.75 Å². The summed E-state index contributed by atoms with van der Waals surface area (Å²) in [5, 5.41) is 2.98. The maximum Gasteiger partial charge on any atom is 0.227 e. The first-order chi connectivity index (χ1) is 10.0. The summed E-state index contributed by atoms with van der Waals surface area (Å²) in [6.07, 6.45) is 2.48. The van der Waals surface area contributed by atoms with Gasteiger partial charge in [0, 0.05) is 12.0 Å². The van der Waals surface area contributed by atoms with Gasteiger partial charge < -0.3 is 15.8 Å². The highest BCUT2D eigenvalue weighted by molar-refractivity contribution is 5.93. The van der Waals surface area contributed by atoms with E-state index in [1.54, 1.807) is 0 Å². The summed E-state index contributed by atoms with van der Waals surface area (Å²) in [4.78, 5) is 12.2. The maximum absolute atomic E-state index is 12.2. The number of hydrogen-bond donors (Lipinski definition) is 2. The van der Waals surface area contributed by atoms with Gasteiger partial charge in [-0.1, -0.05) is 19.9 Å². The van der Waals surface area contributed by atoms with E-state index in [-0.39, 0.29) is 17.9 Å². The van der Waals surface area contributed by atoms with Crippen LogP contribution in [0.25, 0.3) is 0 Å². The SMILES string of the molecule is CCOc1cc(CC(C)N)ccc1NC(=O)C(CC)CC. The van der Waals surface area contributed by atoms with Gasteiger partial charge in [-0.3, -0.25) is 4.79 Å². The van der Waals surface area contributed by atoms with Crippen molar-refractivity contribution >= 4 is 11.6 Å². The second-order valence-electron chi connectivity index (χ2n) is 5.45. The topological polar surface area (TPSA) is 64.3 Å². The van der Waals surface area contributed by atoms with Crippen LogP contribution in [0.4, 0.5) is 5.69 Å². The molecule has 1 atom stereocenters. The van der Waals surface area contributed by atoms with Gasteiger partial charge in [-0.15, -0.1) is 0 Å². The minimum Gasteiger partial charge on any atom is -0.492 e. The van der Waals surface area contributed by atoms with E-state index in [2.05, 4.69) is 5.32 Å². The van der Waals surface area contributed by atoms with Crippen LogP contribution in [-0.2, 0) is 11.2 Å². The summed E-state index contributed by atoms with van der Waals surface area (Å²) in [6, 6.07) is 5.97. The maximum atomic E-state index is 12.2. The molecule has 0 aromatic heterocycles. The summed E-state index contributed by atoms with van der Waals surface area (Å²) < 4.78 is 5.65. The molecule has 1 amide bonds. The van der Waals surface area contributed by atoms with Crippen molar-refractivity contribution in [1.29, 1.82) is 0 Å². The first-order valence-electron chi connectivity index (χ1n) is 7.83. The van der Waals surface area contributed by atoms with Gasteiger partial charge in [-0.25, -0.2) is 0 Å². The van der Waals surface area contributed by atoms with Crippen LogP contribution in [0.1, 0.15) is 46.1 Å². The number of amides is 1. The first kappa shape index (κ1) is 17.5. The van der Waals surface area contributed by atoms with Gasteiger partial charge in [0.05, 0.1) is 12.3 Å². The molecule has 118 valence electrons. The Balaban J connectivity index is 2.92. The Morgan fingerprint density at radius 1 is 1.29 bits per heavy atom. The molecule has 3 N–H and O–H groups in total. The molecule has 4 nitrogen and oxygen atoms in total. The molecule has 1 aromatic rings. The lowest BCUT2D eigenvalue weighted by molar-refractivity contribution is -0.120.